The SMILES string of the molecule is COC(=O)C(C)NS(=O)(=O)c1ccc(OC(F)(F)F)cc1. The largest absolute Gasteiger partial charge is 0.573 e. The van der Waals surface area contributed by atoms with Crippen LogP contribution in [0.3, 0.4) is 0 Å². The van der Waals surface area contributed by atoms with Crippen LogP contribution in [0.25, 0.3) is 0 Å². The normalized spacial score (nSPS) is 13.6. The lowest BCUT2D eigenvalue weighted by atomic mass is 10.3. The summed E-state index contributed by atoms with van der Waals surface area (Å²) in [5.41, 5.74) is 0. The van der Waals surface area contributed by atoms with Gasteiger partial charge in [0.1, 0.15) is 11.8 Å². The Balaban J connectivity index is 2.88. The van der Waals surface area contributed by atoms with Gasteiger partial charge in [0.2, 0.25) is 10.0 Å². The van der Waals surface area contributed by atoms with E-state index in [4.69, 9.17) is 0 Å². The average molecular weight is 327 g/mol. The van der Waals surface area contributed by atoms with E-state index in [1.807, 2.05) is 4.72 Å². The molecule has 1 atom stereocenters. The summed E-state index contributed by atoms with van der Waals surface area (Å²) in [6, 6.07) is 2.42. The van der Waals surface area contributed by atoms with Crippen molar-refractivity contribution in [3.63, 3.8) is 0 Å². The minimum atomic E-state index is -4.86. The molecule has 1 rings (SSSR count). The highest BCUT2D eigenvalue weighted by Gasteiger charge is 2.31. The summed E-state index contributed by atoms with van der Waals surface area (Å²) in [7, 11) is -2.97. The maximum atomic E-state index is 12.0. The summed E-state index contributed by atoms with van der Waals surface area (Å²) in [5.74, 6) is -1.35. The first-order valence-corrected chi connectivity index (χ1v) is 6.99. The summed E-state index contributed by atoms with van der Waals surface area (Å²) >= 11 is 0. The lowest BCUT2D eigenvalue weighted by Crippen LogP contribution is -2.39. The number of carbonyl (C=O) groups is 1. The van der Waals surface area contributed by atoms with E-state index in [1.165, 1.54) is 6.92 Å². The third-order valence-corrected chi connectivity index (χ3v) is 3.81. The molecule has 118 valence electrons. The molecule has 0 bridgehead atoms. The zero-order valence-electron chi connectivity index (χ0n) is 11.0. The van der Waals surface area contributed by atoms with Crippen molar-refractivity contribution >= 4 is 16.0 Å². The van der Waals surface area contributed by atoms with Crippen molar-refractivity contribution < 1.29 is 35.9 Å². The van der Waals surface area contributed by atoms with Crippen molar-refractivity contribution in [1.29, 1.82) is 0 Å². The van der Waals surface area contributed by atoms with E-state index >= 15 is 0 Å². The Labute approximate surface area is 118 Å². The Morgan fingerprint density at radius 1 is 1.24 bits per heavy atom. The fourth-order valence-electron chi connectivity index (χ4n) is 1.35. The van der Waals surface area contributed by atoms with Crippen molar-refractivity contribution in [3.05, 3.63) is 24.3 Å². The van der Waals surface area contributed by atoms with Gasteiger partial charge in [-0.05, 0) is 31.2 Å². The summed E-state index contributed by atoms with van der Waals surface area (Å²) in [6.07, 6.45) is -4.86. The molecule has 0 spiro atoms. The molecule has 0 aliphatic rings. The first-order valence-electron chi connectivity index (χ1n) is 5.51. The van der Waals surface area contributed by atoms with Crippen LogP contribution in [0.1, 0.15) is 6.92 Å². The molecule has 0 saturated carbocycles. The standard InChI is InChI=1S/C11H12F3NO5S/c1-7(10(16)19-2)15-21(17,18)9-5-3-8(4-6-9)20-11(12,13)14/h3-7,15H,1-2H3. The number of halogens is 3. The molecule has 1 aromatic rings. The highest BCUT2D eigenvalue weighted by molar-refractivity contribution is 7.89. The quantitative estimate of drug-likeness (QED) is 0.827. The van der Waals surface area contributed by atoms with E-state index in [-0.39, 0.29) is 4.90 Å². The molecule has 6 nitrogen and oxygen atoms in total. The molecule has 21 heavy (non-hydrogen) atoms. The zero-order chi connectivity index (χ0) is 16.3. The van der Waals surface area contributed by atoms with Crippen LogP contribution in [0.4, 0.5) is 13.2 Å². The van der Waals surface area contributed by atoms with Crippen molar-refractivity contribution in [2.24, 2.45) is 0 Å². The summed E-state index contributed by atoms with van der Waals surface area (Å²) in [5, 5.41) is 0. The van der Waals surface area contributed by atoms with Crippen LogP contribution in [-0.2, 0) is 19.6 Å². The van der Waals surface area contributed by atoms with Crippen LogP contribution < -0.4 is 9.46 Å². The van der Waals surface area contributed by atoms with Crippen LogP contribution in [0.15, 0.2) is 29.2 Å². The van der Waals surface area contributed by atoms with Crippen molar-refractivity contribution in [2.75, 3.05) is 7.11 Å². The lowest BCUT2D eigenvalue weighted by Gasteiger charge is -2.13. The monoisotopic (exact) mass is 327 g/mol. The second kappa shape index (κ2) is 6.31. The second-order valence-corrected chi connectivity index (χ2v) is 5.60. The number of esters is 1. The van der Waals surface area contributed by atoms with Crippen LogP contribution in [-0.4, -0.2) is 33.9 Å². The first-order chi connectivity index (χ1) is 9.55. The number of rotatable bonds is 5. The first kappa shape index (κ1) is 17.2. The van der Waals surface area contributed by atoms with Crippen LogP contribution in [0.2, 0.25) is 0 Å². The molecule has 0 aliphatic carbocycles. The van der Waals surface area contributed by atoms with Gasteiger partial charge in [-0.3, -0.25) is 4.79 Å². The van der Waals surface area contributed by atoms with Gasteiger partial charge in [-0.2, -0.15) is 4.72 Å². The Kier molecular flexibility index (Phi) is 5.18. The van der Waals surface area contributed by atoms with Gasteiger partial charge in [0.05, 0.1) is 12.0 Å². The number of hydrogen-bond acceptors (Lipinski definition) is 5. The topological polar surface area (TPSA) is 81.7 Å². The molecule has 0 saturated heterocycles. The fourth-order valence-corrected chi connectivity index (χ4v) is 2.54. The third kappa shape index (κ3) is 5.23. The van der Waals surface area contributed by atoms with Crippen molar-refractivity contribution in [2.45, 2.75) is 24.2 Å². The van der Waals surface area contributed by atoms with E-state index in [9.17, 15) is 26.4 Å². The van der Waals surface area contributed by atoms with Crippen molar-refractivity contribution in [1.82, 2.24) is 4.72 Å². The number of ether oxygens (including phenoxy) is 2. The minimum absolute atomic E-state index is 0.312. The van der Waals surface area contributed by atoms with Crippen LogP contribution in [0.5, 0.6) is 5.75 Å². The Morgan fingerprint density at radius 2 is 1.76 bits per heavy atom. The molecule has 0 amide bonds. The number of nitrogens with one attached hydrogen (secondary N) is 1. The Hall–Kier alpha value is -1.81. The van der Waals surface area contributed by atoms with Gasteiger partial charge in [0.25, 0.3) is 0 Å². The van der Waals surface area contributed by atoms with Gasteiger partial charge < -0.3 is 9.47 Å². The molecule has 1 aromatic carbocycles. The molecular weight excluding hydrogens is 315 g/mol. The number of hydrogen-bond donors (Lipinski definition) is 1. The number of benzene rings is 1. The minimum Gasteiger partial charge on any atom is -0.468 e. The molecule has 0 radical (unpaired) electrons. The molecule has 1 N–H and O–H groups in total. The van der Waals surface area contributed by atoms with E-state index in [0.29, 0.717) is 0 Å². The van der Waals surface area contributed by atoms with Gasteiger partial charge >= 0.3 is 12.3 Å². The molecule has 0 aromatic heterocycles. The fraction of sp³-hybridized carbons (Fsp3) is 0.364. The third-order valence-electron chi connectivity index (χ3n) is 2.25. The van der Waals surface area contributed by atoms with Gasteiger partial charge in [0.15, 0.2) is 0 Å². The van der Waals surface area contributed by atoms with E-state index in [2.05, 4.69) is 9.47 Å². The highest BCUT2D eigenvalue weighted by Crippen LogP contribution is 2.23. The van der Waals surface area contributed by atoms with E-state index in [1.54, 1.807) is 0 Å². The highest BCUT2D eigenvalue weighted by atomic mass is 32.2. The average Bonchev–Trinajstić information content (AvgIpc) is 2.35. The maximum absolute atomic E-state index is 12.0. The predicted molar refractivity (Wildman–Crippen MR) is 64.9 cm³/mol. The number of methoxy groups -OCH3 is 1. The lowest BCUT2D eigenvalue weighted by molar-refractivity contribution is -0.274. The second-order valence-electron chi connectivity index (χ2n) is 3.89. The van der Waals surface area contributed by atoms with Gasteiger partial charge in [-0.25, -0.2) is 8.42 Å². The summed E-state index contributed by atoms with van der Waals surface area (Å²) < 4.78 is 69.7. The van der Waals surface area contributed by atoms with Crippen LogP contribution >= 0.6 is 0 Å². The summed E-state index contributed by atoms with van der Waals surface area (Å²) in [4.78, 5) is 10.8. The smallest absolute Gasteiger partial charge is 0.468 e. The molecule has 1 unspecified atom stereocenters. The molecular formula is C11H12F3NO5S. The maximum Gasteiger partial charge on any atom is 0.573 e. The summed E-state index contributed by atoms with van der Waals surface area (Å²) in [6.45, 7) is 1.27. The number of sulfonamides is 1. The zero-order valence-corrected chi connectivity index (χ0v) is 11.8. The Morgan fingerprint density at radius 3 is 2.19 bits per heavy atom. The molecule has 0 fully saturated rings. The number of carbonyl (C=O) groups excluding carboxylic acids is 1. The van der Waals surface area contributed by atoms with Gasteiger partial charge in [-0.1, -0.05) is 0 Å². The molecule has 0 heterocycles. The van der Waals surface area contributed by atoms with E-state index < -0.39 is 34.1 Å². The molecule has 10 heteroatoms. The Bertz CT molecular complexity index is 597. The molecule has 0 aliphatic heterocycles. The van der Waals surface area contributed by atoms with E-state index in [0.717, 1.165) is 31.4 Å². The van der Waals surface area contributed by atoms with Crippen LogP contribution in [0, 0.1) is 0 Å². The van der Waals surface area contributed by atoms with Crippen molar-refractivity contribution in [3.8, 4) is 5.75 Å². The number of alkyl halides is 3. The predicted octanol–water partition coefficient (Wildman–Crippen LogP) is 1.42. The van der Waals surface area contributed by atoms with Gasteiger partial charge in [0, 0.05) is 0 Å². The van der Waals surface area contributed by atoms with Gasteiger partial charge in [-0.15, -0.1) is 13.2 Å².